The number of aliphatic hydroxyl groups excluding tert-OH is 1. The number of hydrogen-bond acceptors (Lipinski definition) is 8. The van der Waals surface area contributed by atoms with Crippen molar-refractivity contribution in [3.8, 4) is 22.6 Å². The van der Waals surface area contributed by atoms with Crippen molar-refractivity contribution < 1.29 is 33.3 Å². The molecule has 1 heterocycles. The van der Waals surface area contributed by atoms with Gasteiger partial charge in [-0.25, -0.2) is 8.42 Å². The van der Waals surface area contributed by atoms with Crippen molar-refractivity contribution in [3.63, 3.8) is 0 Å². The quantitative estimate of drug-likeness (QED) is 0.277. The van der Waals surface area contributed by atoms with Crippen LogP contribution in [0.3, 0.4) is 0 Å². The normalized spacial score (nSPS) is 21.2. The molecule has 0 spiro atoms. The molecule has 0 bridgehead atoms. The highest BCUT2D eigenvalue weighted by molar-refractivity contribution is 7.92. The maximum atomic E-state index is 13.0. The third-order valence-corrected chi connectivity index (χ3v) is 10.2. The number of nitrogens with zero attached hydrogens (tertiary/aromatic N) is 1. The monoisotopic (exact) mass is 598 g/mol. The van der Waals surface area contributed by atoms with Gasteiger partial charge in [-0.15, -0.1) is 0 Å². The molecule has 2 aromatic carbocycles. The average Bonchev–Trinajstić information content (AvgIpc) is 2.93. The molecular weight excluding hydrogens is 560 g/mol. The van der Waals surface area contributed by atoms with Gasteiger partial charge in [-0.05, 0) is 81.0 Å². The molecule has 4 N–H and O–H groups in total. The predicted molar refractivity (Wildman–Crippen MR) is 159 cm³/mol. The minimum absolute atomic E-state index is 0.0106. The maximum Gasteiger partial charge on any atom is 0.255 e. The molecule has 2 unspecified atom stereocenters. The van der Waals surface area contributed by atoms with Crippen LogP contribution in [-0.2, 0) is 9.84 Å². The molecule has 1 aliphatic rings. The zero-order valence-electron chi connectivity index (χ0n) is 24.0. The van der Waals surface area contributed by atoms with Crippen LogP contribution < -0.4 is 15.6 Å². The van der Waals surface area contributed by atoms with Crippen molar-refractivity contribution in [2.45, 2.75) is 68.6 Å². The molecular formula is C31H38N2O8S. The number of para-hydroxylation sites is 1. The molecule has 0 radical (unpaired) electrons. The summed E-state index contributed by atoms with van der Waals surface area (Å²) in [4.78, 5) is 25.5. The predicted octanol–water partition coefficient (Wildman–Crippen LogP) is 3.41. The number of pyridine rings is 1. The Balaban J connectivity index is 1.43. The number of aromatic nitrogens is 1. The zero-order chi connectivity index (χ0) is 30.7. The Hall–Kier alpha value is -3.67. The van der Waals surface area contributed by atoms with Gasteiger partial charge in [0.1, 0.15) is 17.7 Å². The number of sulfone groups is 1. The first-order valence-electron chi connectivity index (χ1n) is 13.8. The number of carbonyl (C=O) groups excluding carboxylic acids is 1. The van der Waals surface area contributed by atoms with E-state index in [0.717, 1.165) is 29.2 Å². The summed E-state index contributed by atoms with van der Waals surface area (Å²) >= 11 is 0. The smallest absolute Gasteiger partial charge is 0.255 e. The zero-order valence-corrected chi connectivity index (χ0v) is 24.8. The molecule has 10 nitrogen and oxygen atoms in total. The van der Waals surface area contributed by atoms with Crippen LogP contribution in [0.1, 0.15) is 62.5 Å². The second kappa shape index (κ2) is 12.3. The largest absolute Gasteiger partial charge is 0.507 e. The number of carbonyl (C=O) groups is 1. The highest BCUT2D eigenvalue weighted by Gasteiger charge is 2.39. The number of hydrogen-bond donors (Lipinski definition) is 4. The molecule has 1 saturated carbocycles. The van der Waals surface area contributed by atoms with Crippen molar-refractivity contribution in [3.05, 3.63) is 82.8 Å². The van der Waals surface area contributed by atoms with Crippen LogP contribution in [0.4, 0.5) is 0 Å². The van der Waals surface area contributed by atoms with Crippen molar-refractivity contribution in [2.24, 2.45) is 0 Å². The van der Waals surface area contributed by atoms with Gasteiger partial charge in [0.25, 0.3) is 11.5 Å². The summed E-state index contributed by atoms with van der Waals surface area (Å²) in [5.41, 5.74) is 0.210. The van der Waals surface area contributed by atoms with Gasteiger partial charge in [0.05, 0.1) is 22.0 Å². The van der Waals surface area contributed by atoms with Gasteiger partial charge in [0.2, 0.25) is 0 Å². The lowest BCUT2D eigenvalue weighted by Crippen LogP contribution is -2.48. The molecule has 4 rings (SSSR count). The van der Waals surface area contributed by atoms with E-state index in [1.807, 2.05) is 31.2 Å². The van der Waals surface area contributed by atoms with E-state index in [-0.39, 0.29) is 30.4 Å². The Bertz CT molecular complexity index is 1570. The Morgan fingerprint density at radius 3 is 2.36 bits per heavy atom. The van der Waals surface area contributed by atoms with Gasteiger partial charge in [-0.1, -0.05) is 24.3 Å². The number of aliphatic hydroxyl groups is 2. The average molecular weight is 599 g/mol. The molecule has 2 atom stereocenters. The lowest BCUT2D eigenvalue weighted by atomic mass is 9.85. The van der Waals surface area contributed by atoms with Crippen LogP contribution >= 0.6 is 0 Å². The first kappa shape index (κ1) is 31.3. The molecule has 42 heavy (non-hydrogen) atoms. The summed E-state index contributed by atoms with van der Waals surface area (Å²) in [6.45, 7) is 2.88. The number of aromatic hydroxyl groups is 1. The van der Waals surface area contributed by atoms with E-state index in [1.54, 1.807) is 18.2 Å². The Morgan fingerprint density at radius 1 is 1.12 bits per heavy atom. The van der Waals surface area contributed by atoms with Gasteiger partial charge in [-0.3, -0.25) is 14.2 Å². The van der Waals surface area contributed by atoms with E-state index in [1.165, 1.54) is 31.3 Å². The summed E-state index contributed by atoms with van der Waals surface area (Å²) in [6.07, 6.45) is 3.52. The SMILES string of the molecule is CC1(O)CCC(Oc2ccc(-c3ccn(C(O)CC(C)(CNC(=O)c4ccccc4O)S(C)(=O)=O)c(=O)c3)cc2)CC1. The lowest BCUT2D eigenvalue weighted by molar-refractivity contribution is -0.0108. The first-order valence-corrected chi connectivity index (χ1v) is 15.7. The summed E-state index contributed by atoms with van der Waals surface area (Å²) in [7, 11) is -3.82. The standard InChI is InChI=1S/C31H38N2O8S/c1-30(38)15-12-24(13-16-30)41-23-10-8-21(9-11-23)22-14-17-33(27(35)18-22)28(36)19-31(2,42(3,39)40)20-32-29(37)25-6-4-5-7-26(25)34/h4-11,14,17-18,24,28,34,36,38H,12-13,15-16,19-20H2,1-3H3,(H,32,37). The van der Waals surface area contributed by atoms with E-state index in [2.05, 4.69) is 5.32 Å². The number of nitrogens with one attached hydrogen (secondary N) is 1. The van der Waals surface area contributed by atoms with Crippen molar-refractivity contribution >= 4 is 15.7 Å². The van der Waals surface area contributed by atoms with Crippen molar-refractivity contribution in [1.29, 1.82) is 0 Å². The summed E-state index contributed by atoms with van der Waals surface area (Å²) < 4.78 is 30.9. The minimum Gasteiger partial charge on any atom is -0.507 e. The van der Waals surface area contributed by atoms with Crippen molar-refractivity contribution in [1.82, 2.24) is 9.88 Å². The number of amides is 1. The molecule has 0 saturated heterocycles. The summed E-state index contributed by atoms with van der Waals surface area (Å²) in [5, 5.41) is 33.5. The number of phenolic OH excluding ortho intramolecular Hbond substituents is 1. The second-order valence-corrected chi connectivity index (χ2v) is 14.1. The molecule has 1 aliphatic carbocycles. The minimum atomic E-state index is -3.82. The van der Waals surface area contributed by atoms with Crippen LogP contribution in [0.2, 0.25) is 0 Å². The molecule has 1 aromatic heterocycles. The van der Waals surface area contributed by atoms with Crippen LogP contribution in [-0.4, -0.2) is 63.5 Å². The molecule has 0 aliphatic heterocycles. The Labute approximate surface area is 245 Å². The molecule has 226 valence electrons. The third-order valence-electron chi connectivity index (χ3n) is 8.05. The first-order chi connectivity index (χ1) is 19.7. The summed E-state index contributed by atoms with van der Waals surface area (Å²) in [5.74, 6) is -0.213. The van der Waals surface area contributed by atoms with Gasteiger partial charge in [0, 0.05) is 31.5 Å². The fraction of sp³-hybridized carbons (Fsp3) is 0.419. The van der Waals surface area contributed by atoms with Crippen molar-refractivity contribution in [2.75, 3.05) is 12.8 Å². The van der Waals surface area contributed by atoms with Crippen LogP contribution in [0.25, 0.3) is 11.1 Å². The Kier molecular flexibility index (Phi) is 9.15. The molecule has 3 aromatic rings. The number of benzene rings is 2. The number of phenols is 1. The topological polar surface area (TPSA) is 155 Å². The Morgan fingerprint density at radius 2 is 1.76 bits per heavy atom. The van der Waals surface area contributed by atoms with Gasteiger partial charge in [-0.2, -0.15) is 0 Å². The van der Waals surface area contributed by atoms with Crippen LogP contribution in [0.5, 0.6) is 11.5 Å². The highest BCUT2D eigenvalue weighted by Crippen LogP contribution is 2.31. The van der Waals surface area contributed by atoms with E-state index in [9.17, 15) is 33.3 Å². The number of ether oxygens (including phenoxy) is 1. The fourth-order valence-electron chi connectivity index (χ4n) is 5.03. The maximum absolute atomic E-state index is 13.0. The lowest BCUT2D eigenvalue weighted by Gasteiger charge is -2.33. The molecule has 1 fully saturated rings. The van der Waals surface area contributed by atoms with E-state index in [0.29, 0.717) is 24.2 Å². The van der Waals surface area contributed by atoms with Crippen LogP contribution in [0, 0.1) is 0 Å². The fourth-order valence-corrected chi connectivity index (χ4v) is 5.82. The van der Waals surface area contributed by atoms with E-state index in [4.69, 9.17) is 4.74 Å². The molecule has 1 amide bonds. The summed E-state index contributed by atoms with van der Waals surface area (Å²) in [6, 6.07) is 16.2. The molecule has 11 heteroatoms. The van der Waals surface area contributed by atoms with Crippen LogP contribution in [0.15, 0.2) is 71.7 Å². The van der Waals surface area contributed by atoms with Gasteiger partial charge >= 0.3 is 0 Å². The van der Waals surface area contributed by atoms with Gasteiger partial charge < -0.3 is 25.4 Å². The van der Waals surface area contributed by atoms with E-state index >= 15 is 0 Å². The number of rotatable bonds is 10. The third kappa shape index (κ3) is 7.39. The highest BCUT2D eigenvalue weighted by atomic mass is 32.2. The second-order valence-electron chi connectivity index (χ2n) is 11.6. The van der Waals surface area contributed by atoms with E-state index < -0.39 is 37.9 Å². The van der Waals surface area contributed by atoms with Gasteiger partial charge in [0.15, 0.2) is 9.84 Å².